The minimum Gasteiger partial charge on any atom is -0.396 e. The standard InChI is InChI=1S/C5H11BrO3S/c6-2-5-10(8,9)4-1-3-7/h7H,1-5H2. The predicted octanol–water partition coefficient (Wildman–Crippen LogP) is 0.179. The van der Waals surface area contributed by atoms with E-state index in [0.717, 1.165) is 0 Å². The Morgan fingerprint density at radius 2 is 1.90 bits per heavy atom. The van der Waals surface area contributed by atoms with Gasteiger partial charge in [0.15, 0.2) is 9.84 Å². The zero-order valence-electron chi connectivity index (χ0n) is 5.59. The van der Waals surface area contributed by atoms with Crippen molar-refractivity contribution in [3.8, 4) is 0 Å². The summed E-state index contributed by atoms with van der Waals surface area (Å²) in [7, 11) is -2.90. The van der Waals surface area contributed by atoms with Crippen LogP contribution in [-0.4, -0.2) is 37.0 Å². The SMILES string of the molecule is O=S(=O)(CCBr)CCCO. The summed E-state index contributed by atoms with van der Waals surface area (Å²) >= 11 is 3.04. The van der Waals surface area contributed by atoms with Gasteiger partial charge in [-0.05, 0) is 6.42 Å². The monoisotopic (exact) mass is 230 g/mol. The van der Waals surface area contributed by atoms with Gasteiger partial charge in [0.1, 0.15) is 0 Å². The molecule has 62 valence electrons. The molecule has 0 aliphatic rings. The normalized spacial score (nSPS) is 11.8. The lowest BCUT2D eigenvalue weighted by Crippen LogP contribution is -2.12. The first-order valence-electron chi connectivity index (χ1n) is 2.99. The van der Waals surface area contributed by atoms with Gasteiger partial charge in [-0.1, -0.05) is 15.9 Å². The molecule has 0 unspecified atom stereocenters. The van der Waals surface area contributed by atoms with Crippen LogP contribution in [0.25, 0.3) is 0 Å². The van der Waals surface area contributed by atoms with E-state index in [-0.39, 0.29) is 18.1 Å². The summed E-state index contributed by atoms with van der Waals surface area (Å²) in [5.41, 5.74) is 0. The molecule has 0 aromatic heterocycles. The van der Waals surface area contributed by atoms with Gasteiger partial charge < -0.3 is 5.11 Å². The van der Waals surface area contributed by atoms with Gasteiger partial charge in [0.25, 0.3) is 0 Å². The highest BCUT2D eigenvalue weighted by atomic mass is 79.9. The molecular formula is C5H11BrO3S. The number of hydrogen-bond acceptors (Lipinski definition) is 3. The van der Waals surface area contributed by atoms with Crippen molar-refractivity contribution >= 4 is 25.8 Å². The zero-order chi connectivity index (χ0) is 8.04. The highest BCUT2D eigenvalue weighted by Crippen LogP contribution is 1.95. The van der Waals surface area contributed by atoms with Crippen LogP contribution in [0.4, 0.5) is 0 Å². The molecular weight excluding hydrogens is 220 g/mol. The second kappa shape index (κ2) is 5.09. The molecule has 10 heavy (non-hydrogen) atoms. The molecule has 0 aromatic carbocycles. The molecule has 0 saturated carbocycles. The van der Waals surface area contributed by atoms with Crippen LogP contribution < -0.4 is 0 Å². The second-order valence-electron chi connectivity index (χ2n) is 1.92. The second-order valence-corrected chi connectivity index (χ2v) is 5.01. The molecule has 0 saturated heterocycles. The molecule has 1 N–H and O–H groups in total. The summed E-state index contributed by atoms with van der Waals surface area (Å²) in [4.78, 5) is 0. The van der Waals surface area contributed by atoms with Crippen LogP contribution >= 0.6 is 15.9 Å². The maximum atomic E-state index is 10.8. The fraction of sp³-hybridized carbons (Fsp3) is 1.00. The number of alkyl halides is 1. The van der Waals surface area contributed by atoms with E-state index >= 15 is 0 Å². The summed E-state index contributed by atoms with van der Waals surface area (Å²) in [6.45, 7) is -0.0541. The maximum Gasteiger partial charge on any atom is 0.151 e. The lowest BCUT2D eigenvalue weighted by Gasteiger charge is -1.98. The van der Waals surface area contributed by atoms with E-state index in [1.165, 1.54) is 0 Å². The number of hydrogen-bond donors (Lipinski definition) is 1. The van der Waals surface area contributed by atoms with Crippen LogP contribution in [0.5, 0.6) is 0 Å². The summed E-state index contributed by atoms with van der Waals surface area (Å²) in [5.74, 6) is 0.252. The first-order chi connectivity index (χ1) is 4.62. The van der Waals surface area contributed by atoms with E-state index in [2.05, 4.69) is 15.9 Å². The highest BCUT2D eigenvalue weighted by molar-refractivity contribution is 9.09. The van der Waals surface area contributed by atoms with E-state index in [0.29, 0.717) is 11.8 Å². The lowest BCUT2D eigenvalue weighted by atomic mass is 10.5. The summed E-state index contributed by atoms with van der Waals surface area (Å²) in [6.07, 6.45) is 0.343. The average molecular weight is 231 g/mol. The minimum absolute atomic E-state index is 0.0541. The first-order valence-corrected chi connectivity index (χ1v) is 5.94. The van der Waals surface area contributed by atoms with E-state index in [9.17, 15) is 8.42 Å². The van der Waals surface area contributed by atoms with Crippen LogP contribution in [0.1, 0.15) is 6.42 Å². The van der Waals surface area contributed by atoms with Gasteiger partial charge in [-0.2, -0.15) is 0 Å². The van der Waals surface area contributed by atoms with Crippen LogP contribution in [0, 0.1) is 0 Å². The number of halogens is 1. The Morgan fingerprint density at radius 1 is 1.30 bits per heavy atom. The van der Waals surface area contributed by atoms with Gasteiger partial charge >= 0.3 is 0 Å². The number of aliphatic hydroxyl groups excluding tert-OH is 1. The van der Waals surface area contributed by atoms with E-state index in [1.807, 2.05) is 0 Å². The number of sulfone groups is 1. The van der Waals surface area contributed by atoms with E-state index in [4.69, 9.17) is 5.11 Å². The van der Waals surface area contributed by atoms with Crippen molar-refractivity contribution in [2.75, 3.05) is 23.4 Å². The van der Waals surface area contributed by atoms with Crippen molar-refractivity contribution in [2.45, 2.75) is 6.42 Å². The van der Waals surface area contributed by atoms with Gasteiger partial charge in [0.05, 0.1) is 11.5 Å². The molecule has 0 aromatic rings. The molecule has 3 nitrogen and oxygen atoms in total. The molecule has 0 amide bonds. The predicted molar refractivity (Wildman–Crippen MR) is 44.2 cm³/mol. The molecule has 0 fully saturated rings. The lowest BCUT2D eigenvalue weighted by molar-refractivity contribution is 0.295. The minimum atomic E-state index is -2.90. The van der Waals surface area contributed by atoms with Crippen molar-refractivity contribution in [3.05, 3.63) is 0 Å². The third-order valence-corrected chi connectivity index (χ3v) is 3.66. The molecule has 0 atom stereocenters. The van der Waals surface area contributed by atoms with Gasteiger partial charge in [0, 0.05) is 11.9 Å². The molecule has 5 heteroatoms. The summed E-state index contributed by atoms with van der Waals surface area (Å²) < 4.78 is 21.7. The van der Waals surface area contributed by atoms with E-state index in [1.54, 1.807) is 0 Å². The quantitative estimate of drug-likeness (QED) is 0.686. The number of rotatable bonds is 5. The zero-order valence-corrected chi connectivity index (χ0v) is 7.99. The highest BCUT2D eigenvalue weighted by Gasteiger charge is 2.07. The molecule has 0 spiro atoms. The fourth-order valence-corrected chi connectivity index (χ4v) is 2.99. The van der Waals surface area contributed by atoms with Crippen LogP contribution in [0.3, 0.4) is 0 Å². The summed E-state index contributed by atoms with van der Waals surface area (Å²) in [6, 6.07) is 0. The van der Waals surface area contributed by atoms with Gasteiger partial charge in [-0.3, -0.25) is 0 Å². The number of aliphatic hydroxyl groups is 1. The van der Waals surface area contributed by atoms with Crippen LogP contribution in [0.2, 0.25) is 0 Å². The summed E-state index contributed by atoms with van der Waals surface area (Å²) in [5, 5.41) is 8.79. The Balaban J connectivity index is 3.65. The van der Waals surface area contributed by atoms with Crippen molar-refractivity contribution < 1.29 is 13.5 Å². The Labute approximate surface area is 69.5 Å². The Hall–Kier alpha value is 0.390. The molecule has 0 aliphatic heterocycles. The fourth-order valence-electron chi connectivity index (χ4n) is 0.504. The van der Waals surface area contributed by atoms with Crippen LogP contribution in [-0.2, 0) is 9.84 Å². The molecule has 0 radical (unpaired) electrons. The van der Waals surface area contributed by atoms with Crippen LogP contribution in [0.15, 0.2) is 0 Å². The Bertz CT molecular complexity index is 164. The topological polar surface area (TPSA) is 54.4 Å². The Morgan fingerprint density at radius 3 is 2.30 bits per heavy atom. The smallest absolute Gasteiger partial charge is 0.151 e. The van der Waals surface area contributed by atoms with Crippen molar-refractivity contribution in [1.29, 1.82) is 0 Å². The van der Waals surface area contributed by atoms with Gasteiger partial charge in [-0.15, -0.1) is 0 Å². The van der Waals surface area contributed by atoms with Crippen molar-refractivity contribution in [1.82, 2.24) is 0 Å². The molecule has 0 bridgehead atoms. The van der Waals surface area contributed by atoms with Crippen molar-refractivity contribution in [3.63, 3.8) is 0 Å². The third kappa shape index (κ3) is 5.20. The largest absolute Gasteiger partial charge is 0.396 e. The molecule has 0 aliphatic carbocycles. The third-order valence-electron chi connectivity index (χ3n) is 1.00. The van der Waals surface area contributed by atoms with E-state index < -0.39 is 9.84 Å². The molecule has 0 heterocycles. The average Bonchev–Trinajstić information content (AvgIpc) is 1.84. The van der Waals surface area contributed by atoms with Crippen molar-refractivity contribution in [2.24, 2.45) is 0 Å². The molecule has 0 rings (SSSR count). The van der Waals surface area contributed by atoms with Gasteiger partial charge in [-0.25, -0.2) is 8.42 Å². The first kappa shape index (κ1) is 10.4. The Kier molecular flexibility index (Phi) is 5.29. The van der Waals surface area contributed by atoms with Gasteiger partial charge in [0.2, 0.25) is 0 Å². The maximum absolute atomic E-state index is 10.8.